The van der Waals surface area contributed by atoms with Gasteiger partial charge >= 0.3 is 5.97 Å². The number of hydrogen-bond donors (Lipinski definition) is 2. The molecule has 1 aromatic carbocycles. The van der Waals surface area contributed by atoms with E-state index < -0.39 is 11.4 Å². The Morgan fingerprint density at radius 3 is 2.46 bits per heavy atom. The highest BCUT2D eigenvalue weighted by Crippen LogP contribution is 2.24. The van der Waals surface area contributed by atoms with Crippen LogP contribution in [0.3, 0.4) is 0 Å². The molecule has 0 aliphatic rings. The molecule has 128 valence electrons. The zero-order chi connectivity index (χ0) is 17.9. The van der Waals surface area contributed by atoms with Gasteiger partial charge in [-0.25, -0.2) is 0 Å². The van der Waals surface area contributed by atoms with Crippen LogP contribution in [0, 0.1) is 0 Å². The molecule has 0 saturated heterocycles. The summed E-state index contributed by atoms with van der Waals surface area (Å²) in [6.45, 7) is 5.58. The van der Waals surface area contributed by atoms with Gasteiger partial charge in [0.1, 0.15) is 11.1 Å². The van der Waals surface area contributed by atoms with E-state index in [2.05, 4.69) is 21.2 Å². The van der Waals surface area contributed by atoms with Gasteiger partial charge in [0, 0.05) is 23.3 Å². The van der Waals surface area contributed by atoms with Crippen LogP contribution in [0.4, 0.5) is 0 Å². The second kappa shape index (κ2) is 7.21. The fourth-order valence-electron chi connectivity index (χ4n) is 2.51. The van der Waals surface area contributed by atoms with Crippen LogP contribution in [-0.4, -0.2) is 28.1 Å². The molecule has 0 spiro atoms. The summed E-state index contributed by atoms with van der Waals surface area (Å²) < 4.78 is 2.66. The molecule has 1 unspecified atom stereocenters. The summed E-state index contributed by atoms with van der Waals surface area (Å²) in [6, 6.07) is 10.8. The van der Waals surface area contributed by atoms with E-state index in [4.69, 9.17) is 0 Å². The lowest BCUT2D eigenvalue weighted by molar-refractivity contribution is -0.142. The zero-order valence-electron chi connectivity index (χ0n) is 13.9. The first-order chi connectivity index (χ1) is 11.3. The first-order valence-corrected chi connectivity index (χ1v) is 8.49. The van der Waals surface area contributed by atoms with Crippen LogP contribution in [0.25, 0.3) is 0 Å². The highest BCUT2D eigenvalue weighted by atomic mass is 79.9. The molecule has 2 N–H and O–H groups in total. The minimum absolute atomic E-state index is 0.00603. The molecule has 6 heteroatoms. The second-order valence-electron chi connectivity index (χ2n) is 6.23. The maximum atomic E-state index is 12.5. The van der Waals surface area contributed by atoms with Crippen molar-refractivity contribution in [3.8, 4) is 0 Å². The van der Waals surface area contributed by atoms with E-state index in [-0.39, 0.29) is 18.5 Å². The number of nitrogens with zero attached hydrogens (tertiary/aromatic N) is 1. The molecular formula is C18H21BrN2O3. The van der Waals surface area contributed by atoms with Crippen molar-refractivity contribution in [2.75, 3.05) is 6.54 Å². The van der Waals surface area contributed by atoms with Gasteiger partial charge in [0.15, 0.2) is 0 Å². The number of hydrogen-bond acceptors (Lipinski definition) is 2. The number of amides is 1. The summed E-state index contributed by atoms with van der Waals surface area (Å²) in [5.41, 5.74) is -0.0421. The number of rotatable bonds is 6. The van der Waals surface area contributed by atoms with Crippen LogP contribution in [0.2, 0.25) is 0 Å². The number of benzene rings is 1. The molecule has 1 amide bonds. The zero-order valence-corrected chi connectivity index (χ0v) is 15.5. The minimum atomic E-state index is -1.19. The summed E-state index contributed by atoms with van der Waals surface area (Å²) in [4.78, 5) is 24.3. The lowest BCUT2D eigenvalue weighted by Crippen LogP contribution is -2.44. The Kier molecular flexibility index (Phi) is 5.49. The third-order valence-corrected chi connectivity index (χ3v) is 4.52. The largest absolute Gasteiger partial charge is 0.481 e. The number of carbonyl (C=O) groups excluding carboxylic acids is 1. The van der Waals surface area contributed by atoms with Gasteiger partial charge in [0.2, 0.25) is 0 Å². The van der Waals surface area contributed by atoms with Gasteiger partial charge in [-0.1, -0.05) is 30.3 Å². The number of aliphatic carboxylic acids is 1. The van der Waals surface area contributed by atoms with E-state index in [9.17, 15) is 14.7 Å². The highest BCUT2D eigenvalue weighted by molar-refractivity contribution is 9.10. The third kappa shape index (κ3) is 3.70. The van der Waals surface area contributed by atoms with Crippen molar-refractivity contribution in [3.63, 3.8) is 0 Å². The van der Waals surface area contributed by atoms with E-state index in [0.717, 1.165) is 4.47 Å². The van der Waals surface area contributed by atoms with E-state index in [1.165, 1.54) is 0 Å². The lowest BCUT2D eigenvalue weighted by Gasteiger charge is -2.26. The smallest absolute Gasteiger partial charge is 0.315 e. The summed E-state index contributed by atoms with van der Waals surface area (Å²) >= 11 is 3.38. The van der Waals surface area contributed by atoms with E-state index >= 15 is 0 Å². The number of carbonyl (C=O) groups is 2. The van der Waals surface area contributed by atoms with Crippen LogP contribution in [-0.2, 0) is 10.2 Å². The quantitative estimate of drug-likeness (QED) is 0.788. The Balaban J connectivity index is 2.22. The van der Waals surface area contributed by atoms with Crippen LogP contribution >= 0.6 is 15.9 Å². The van der Waals surface area contributed by atoms with Crippen molar-refractivity contribution in [1.82, 2.24) is 9.88 Å². The van der Waals surface area contributed by atoms with Crippen molar-refractivity contribution in [2.45, 2.75) is 32.2 Å². The maximum Gasteiger partial charge on any atom is 0.315 e. The second-order valence-corrected chi connectivity index (χ2v) is 7.15. The predicted octanol–water partition coefficient (Wildman–Crippen LogP) is 3.60. The Bertz CT molecular complexity index is 740. The summed E-state index contributed by atoms with van der Waals surface area (Å²) in [6.07, 6.45) is 1.84. The summed E-state index contributed by atoms with van der Waals surface area (Å²) in [5, 5.41) is 12.4. The molecular weight excluding hydrogens is 372 g/mol. The number of carboxylic acids is 1. The molecule has 2 rings (SSSR count). The van der Waals surface area contributed by atoms with Gasteiger partial charge in [-0.2, -0.15) is 0 Å². The number of carboxylic acid groups (broad SMARTS) is 1. The van der Waals surface area contributed by atoms with Gasteiger partial charge in [0.05, 0.1) is 0 Å². The molecule has 1 aromatic heterocycles. The molecule has 5 nitrogen and oxygen atoms in total. The maximum absolute atomic E-state index is 12.5. The first-order valence-electron chi connectivity index (χ1n) is 7.70. The third-order valence-electron chi connectivity index (χ3n) is 4.09. The van der Waals surface area contributed by atoms with E-state index in [1.807, 2.05) is 30.7 Å². The number of aromatic nitrogens is 1. The molecule has 2 aromatic rings. The molecule has 0 fully saturated rings. The molecule has 1 atom stereocenters. The van der Waals surface area contributed by atoms with Crippen LogP contribution < -0.4 is 5.32 Å². The average Bonchev–Trinajstić information content (AvgIpc) is 2.95. The Labute approximate surface area is 149 Å². The standard InChI is InChI=1S/C18H21BrN2O3/c1-12(2)21-10-14(19)9-15(21)16(22)20-11-18(3,17(23)24)13-7-5-4-6-8-13/h4-10,12H,11H2,1-3H3,(H,20,22)(H,23,24). The molecule has 0 saturated carbocycles. The minimum Gasteiger partial charge on any atom is -0.481 e. The Hall–Kier alpha value is -2.08. The molecule has 0 bridgehead atoms. The van der Waals surface area contributed by atoms with Crippen molar-refractivity contribution < 1.29 is 14.7 Å². The Morgan fingerprint density at radius 2 is 1.92 bits per heavy atom. The number of halogens is 1. The fourth-order valence-corrected chi connectivity index (χ4v) is 2.95. The topological polar surface area (TPSA) is 71.3 Å². The monoisotopic (exact) mass is 392 g/mol. The van der Waals surface area contributed by atoms with Crippen molar-refractivity contribution in [3.05, 3.63) is 58.3 Å². The van der Waals surface area contributed by atoms with Gasteiger partial charge < -0.3 is 15.0 Å². The normalized spacial score (nSPS) is 13.5. The fraction of sp³-hybridized carbons (Fsp3) is 0.333. The molecule has 0 aliphatic heterocycles. The SMILES string of the molecule is CC(C)n1cc(Br)cc1C(=O)NCC(C)(C(=O)O)c1ccccc1. The number of nitrogens with one attached hydrogen (secondary N) is 1. The van der Waals surface area contributed by atoms with E-state index in [0.29, 0.717) is 11.3 Å². The van der Waals surface area contributed by atoms with Gasteiger partial charge in [0.25, 0.3) is 5.91 Å². The Morgan fingerprint density at radius 1 is 1.29 bits per heavy atom. The van der Waals surface area contributed by atoms with Gasteiger partial charge in [-0.05, 0) is 48.3 Å². The van der Waals surface area contributed by atoms with Crippen molar-refractivity contribution in [1.29, 1.82) is 0 Å². The van der Waals surface area contributed by atoms with Crippen LogP contribution in [0.1, 0.15) is 42.9 Å². The van der Waals surface area contributed by atoms with Gasteiger partial charge in [-0.3, -0.25) is 9.59 Å². The van der Waals surface area contributed by atoms with Crippen LogP contribution in [0.5, 0.6) is 0 Å². The van der Waals surface area contributed by atoms with Crippen LogP contribution in [0.15, 0.2) is 47.1 Å². The predicted molar refractivity (Wildman–Crippen MR) is 96.3 cm³/mol. The summed E-state index contributed by atoms with van der Waals surface area (Å²) in [5.74, 6) is -1.27. The average molecular weight is 393 g/mol. The first kappa shape index (κ1) is 18.3. The van der Waals surface area contributed by atoms with E-state index in [1.54, 1.807) is 37.3 Å². The van der Waals surface area contributed by atoms with Gasteiger partial charge in [-0.15, -0.1) is 0 Å². The molecule has 0 aliphatic carbocycles. The molecule has 24 heavy (non-hydrogen) atoms. The lowest BCUT2D eigenvalue weighted by atomic mass is 9.82. The highest BCUT2D eigenvalue weighted by Gasteiger charge is 2.35. The van der Waals surface area contributed by atoms with Crippen molar-refractivity contribution in [2.24, 2.45) is 0 Å². The molecule has 1 heterocycles. The molecule has 0 radical (unpaired) electrons. The summed E-state index contributed by atoms with van der Waals surface area (Å²) in [7, 11) is 0. The van der Waals surface area contributed by atoms with Crippen molar-refractivity contribution >= 4 is 27.8 Å².